The van der Waals surface area contributed by atoms with Crippen LogP contribution in [0.1, 0.15) is 52.0 Å². The monoisotopic (exact) mass is 330 g/mol. The van der Waals surface area contributed by atoms with Crippen LogP contribution in [0.25, 0.3) is 0 Å². The van der Waals surface area contributed by atoms with E-state index in [2.05, 4.69) is 26.1 Å². The van der Waals surface area contributed by atoms with Crippen molar-refractivity contribution in [2.45, 2.75) is 46.5 Å². The van der Waals surface area contributed by atoms with Crippen LogP contribution >= 0.6 is 0 Å². The summed E-state index contributed by atoms with van der Waals surface area (Å²) in [7, 11) is 0. The van der Waals surface area contributed by atoms with Gasteiger partial charge in [-0.05, 0) is 48.1 Å². The standard InChI is InChI=1S/C20H30N2O2/c1-4-5-6-16-13-22-20(15-7-9-17(23)10-8-15)18(16)11-19(24)21-12-14(2)3/h7-10,14,16,18,23H,4-6,11-13H2,1-3H3,(H,21,24). The number of aromatic hydroxyl groups is 1. The first-order valence-corrected chi connectivity index (χ1v) is 9.11. The van der Waals surface area contributed by atoms with Gasteiger partial charge in [0, 0.05) is 31.1 Å². The average Bonchev–Trinajstić information content (AvgIpc) is 2.94. The number of aliphatic imine (C=N–C) groups is 1. The Morgan fingerprint density at radius 1 is 1.33 bits per heavy atom. The van der Waals surface area contributed by atoms with Crippen molar-refractivity contribution in [3.63, 3.8) is 0 Å². The van der Waals surface area contributed by atoms with Crippen LogP contribution in [0.15, 0.2) is 29.3 Å². The molecule has 1 aromatic rings. The lowest BCUT2D eigenvalue weighted by molar-refractivity contribution is -0.122. The van der Waals surface area contributed by atoms with Gasteiger partial charge in [0.15, 0.2) is 0 Å². The largest absolute Gasteiger partial charge is 0.508 e. The summed E-state index contributed by atoms with van der Waals surface area (Å²) in [6.07, 6.45) is 3.95. The maximum atomic E-state index is 12.3. The Hall–Kier alpha value is -1.84. The normalized spacial score (nSPS) is 20.2. The zero-order chi connectivity index (χ0) is 17.5. The van der Waals surface area contributed by atoms with Crippen LogP contribution in [0.3, 0.4) is 0 Å². The van der Waals surface area contributed by atoms with Crippen molar-refractivity contribution in [3.05, 3.63) is 29.8 Å². The van der Waals surface area contributed by atoms with E-state index in [-0.39, 0.29) is 17.6 Å². The van der Waals surface area contributed by atoms with E-state index < -0.39 is 0 Å². The summed E-state index contributed by atoms with van der Waals surface area (Å²) in [5.41, 5.74) is 2.05. The van der Waals surface area contributed by atoms with E-state index in [1.807, 2.05) is 12.1 Å². The molecule has 4 nitrogen and oxygen atoms in total. The molecule has 1 heterocycles. The summed E-state index contributed by atoms with van der Waals surface area (Å²) < 4.78 is 0. The first-order valence-electron chi connectivity index (χ1n) is 9.11. The van der Waals surface area contributed by atoms with Crippen LogP contribution < -0.4 is 5.32 Å². The third-order valence-corrected chi connectivity index (χ3v) is 4.62. The molecule has 1 amide bonds. The summed E-state index contributed by atoms with van der Waals surface area (Å²) in [6, 6.07) is 7.17. The molecule has 0 spiro atoms. The molecule has 0 aromatic heterocycles. The van der Waals surface area contributed by atoms with Crippen molar-refractivity contribution in [1.29, 1.82) is 0 Å². The fraction of sp³-hybridized carbons (Fsp3) is 0.600. The van der Waals surface area contributed by atoms with E-state index in [1.54, 1.807) is 12.1 Å². The molecule has 1 aliphatic rings. The predicted molar refractivity (Wildman–Crippen MR) is 98.5 cm³/mol. The van der Waals surface area contributed by atoms with Crippen LogP contribution in [0.4, 0.5) is 0 Å². The number of carbonyl (C=O) groups excluding carboxylic acids is 1. The van der Waals surface area contributed by atoms with Crippen molar-refractivity contribution >= 4 is 11.6 Å². The minimum atomic E-state index is 0.114. The van der Waals surface area contributed by atoms with Crippen molar-refractivity contribution in [2.75, 3.05) is 13.1 Å². The quantitative estimate of drug-likeness (QED) is 0.762. The van der Waals surface area contributed by atoms with E-state index in [0.29, 0.717) is 18.3 Å². The summed E-state index contributed by atoms with van der Waals surface area (Å²) in [5, 5.41) is 12.5. The summed E-state index contributed by atoms with van der Waals surface area (Å²) in [5.74, 6) is 1.44. The molecule has 0 saturated heterocycles. The topological polar surface area (TPSA) is 61.7 Å². The van der Waals surface area contributed by atoms with Crippen LogP contribution in [0.2, 0.25) is 0 Å². The molecule has 2 rings (SSSR count). The molecule has 132 valence electrons. The fourth-order valence-corrected chi connectivity index (χ4v) is 3.23. The highest BCUT2D eigenvalue weighted by molar-refractivity contribution is 6.05. The molecule has 2 atom stereocenters. The number of amides is 1. The smallest absolute Gasteiger partial charge is 0.220 e. The Morgan fingerprint density at radius 3 is 2.67 bits per heavy atom. The van der Waals surface area contributed by atoms with Crippen LogP contribution in [-0.4, -0.2) is 29.8 Å². The minimum Gasteiger partial charge on any atom is -0.508 e. The number of phenolic OH excluding ortho intramolecular Hbond substituents is 1. The Kier molecular flexibility index (Phi) is 6.83. The average molecular weight is 330 g/mol. The zero-order valence-corrected chi connectivity index (χ0v) is 15.1. The highest BCUT2D eigenvalue weighted by Crippen LogP contribution is 2.32. The number of nitrogens with one attached hydrogen (secondary N) is 1. The van der Waals surface area contributed by atoms with Crippen molar-refractivity contribution in [2.24, 2.45) is 22.7 Å². The molecule has 0 fully saturated rings. The molecule has 0 saturated carbocycles. The minimum absolute atomic E-state index is 0.114. The molecule has 4 heteroatoms. The summed E-state index contributed by atoms with van der Waals surface area (Å²) >= 11 is 0. The number of nitrogens with zero attached hydrogens (tertiary/aromatic N) is 1. The van der Waals surface area contributed by atoms with Crippen LogP contribution in [-0.2, 0) is 4.79 Å². The van der Waals surface area contributed by atoms with E-state index in [4.69, 9.17) is 4.99 Å². The first kappa shape index (κ1) is 18.5. The highest BCUT2D eigenvalue weighted by Gasteiger charge is 2.33. The molecule has 1 aliphatic heterocycles. The number of unbranched alkanes of at least 4 members (excludes halogenated alkanes) is 1. The van der Waals surface area contributed by atoms with Gasteiger partial charge >= 0.3 is 0 Å². The van der Waals surface area contributed by atoms with Gasteiger partial charge in [0.25, 0.3) is 0 Å². The molecule has 0 aliphatic carbocycles. The molecule has 2 N–H and O–H groups in total. The second-order valence-corrected chi connectivity index (χ2v) is 7.18. The second-order valence-electron chi connectivity index (χ2n) is 7.18. The molecule has 0 radical (unpaired) electrons. The Labute approximate surface area is 145 Å². The number of hydrogen-bond acceptors (Lipinski definition) is 3. The van der Waals surface area contributed by atoms with Gasteiger partial charge < -0.3 is 10.4 Å². The Bertz CT molecular complexity index is 564. The number of phenols is 1. The van der Waals surface area contributed by atoms with Crippen LogP contribution in [0.5, 0.6) is 5.75 Å². The molecule has 1 aromatic carbocycles. The van der Waals surface area contributed by atoms with Crippen LogP contribution in [0, 0.1) is 17.8 Å². The molecular formula is C20H30N2O2. The van der Waals surface area contributed by atoms with Gasteiger partial charge in [-0.25, -0.2) is 0 Å². The van der Waals surface area contributed by atoms with Gasteiger partial charge in [-0.2, -0.15) is 0 Å². The van der Waals surface area contributed by atoms with Crippen molar-refractivity contribution < 1.29 is 9.90 Å². The highest BCUT2D eigenvalue weighted by atomic mass is 16.3. The zero-order valence-electron chi connectivity index (χ0n) is 15.1. The summed E-state index contributed by atoms with van der Waals surface area (Å²) in [6.45, 7) is 7.92. The lowest BCUT2D eigenvalue weighted by atomic mass is 9.82. The number of carbonyl (C=O) groups is 1. The second kappa shape index (κ2) is 8.86. The summed E-state index contributed by atoms with van der Waals surface area (Å²) in [4.78, 5) is 17.1. The Balaban J connectivity index is 2.10. The number of rotatable bonds is 8. The first-order chi connectivity index (χ1) is 11.5. The van der Waals surface area contributed by atoms with Crippen molar-refractivity contribution in [3.8, 4) is 5.75 Å². The number of hydrogen-bond donors (Lipinski definition) is 2. The van der Waals surface area contributed by atoms with Gasteiger partial charge in [-0.3, -0.25) is 9.79 Å². The maximum absolute atomic E-state index is 12.3. The maximum Gasteiger partial charge on any atom is 0.220 e. The van der Waals surface area contributed by atoms with E-state index >= 15 is 0 Å². The van der Waals surface area contributed by atoms with Gasteiger partial charge in [-0.1, -0.05) is 33.6 Å². The molecular weight excluding hydrogens is 300 g/mol. The molecule has 0 bridgehead atoms. The van der Waals surface area contributed by atoms with E-state index in [1.165, 1.54) is 6.42 Å². The van der Waals surface area contributed by atoms with Gasteiger partial charge in [-0.15, -0.1) is 0 Å². The lowest BCUT2D eigenvalue weighted by Crippen LogP contribution is -2.32. The van der Waals surface area contributed by atoms with Gasteiger partial charge in [0.1, 0.15) is 5.75 Å². The van der Waals surface area contributed by atoms with E-state index in [9.17, 15) is 9.90 Å². The van der Waals surface area contributed by atoms with Crippen molar-refractivity contribution in [1.82, 2.24) is 5.32 Å². The molecule has 24 heavy (non-hydrogen) atoms. The lowest BCUT2D eigenvalue weighted by Gasteiger charge is -2.21. The van der Waals surface area contributed by atoms with Gasteiger partial charge in [0.2, 0.25) is 5.91 Å². The fourth-order valence-electron chi connectivity index (χ4n) is 3.23. The molecule has 2 unspecified atom stereocenters. The predicted octanol–water partition coefficient (Wildman–Crippen LogP) is 3.78. The number of benzene rings is 1. The van der Waals surface area contributed by atoms with Gasteiger partial charge in [0.05, 0.1) is 0 Å². The third-order valence-electron chi connectivity index (χ3n) is 4.62. The Morgan fingerprint density at radius 2 is 2.04 bits per heavy atom. The SMILES string of the molecule is CCCCC1CN=C(c2ccc(O)cc2)C1CC(=O)NCC(C)C. The van der Waals surface area contributed by atoms with E-state index in [0.717, 1.165) is 37.2 Å². The third kappa shape index (κ3) is 5.08.